The zero-order valence-corrected chi connectivity index (χ0v) is 11.6. The van der Waals surface area contributed by atoms with Gasteiger partial charge in [-0.05, 0) is 27.7 Å². The summed E-state index contributed by atoms with van der Waals surface area (Å²) < 4.78 is 0. The molecule has 0 unspecified atom stereocenters. The first-order valence-corrected chi connectivity index (χ1v) is 5.75. The Labute approximate surface area is 107 Å². The van der Waals surface area contributed by atoms with E-state index in [-0.39, 0.29) is 24.8 Å². The Morgan fingerprint density at radius 2 is 1.56 bits per heavy atom. The van der Waals surface area contributed by atoms with Gasteiger partial charge in [-0.1, -0.05) is 0 Å². The summed E-state index contributed by atoms with van der Waals surface area (Å²) in [5.41, 5.74) is -1.83. The van der Waals surface area contributed by atoms with Crippen molar-refractivity contribution in [2.24, 2.45) is 10.8 Å². The molecule has 0 saturated carbocycles. The first kappa shape index (κ1) is 16.4. The summed E-state index contributed by atoms with van der Waals surface area (Å²) >= 11 is 0. The van der Waals surface area contributed by atoms with Gasteiger partial charge >= 0.3 is 5.97 Å². The third kappa shape index (κ3) is 4.73. The van der Waals surface area contributed by atoms with Gasteiger partial charge in [0.15, 0.2) is 0 Å². The van der Waals surface area contributed by atoms with Crippen LogP contribution in [0.5, 0.6) is 0 Å². The molecule has 18 heavy (non-hydrogen) atoms. The molecular weight excluding hydrogens is 236 g/mol. The van der Waals surface area contributed by atoms with E-state index >= 15 is 0 Å². The van der Waals surface area contributed by atoms with Gasteiger partial charge in [0.05, 0.1) is 10.8 Å². The van der Waals surface area contributed by atoms with E-state index in [1.807, 2.05) is 0 Å². The molecule has 6 heteroatoms. The fraction of sp³-hybridized carbons (Fsp3) is 0.750. The van der Waals surface area contributed by atoms with Crippen LogP contribution in [0.2, 0.25) is 0 Å². The fourth-order valence-corrected chi connectivity index (χ4v) is 1.28. The Hall–Kier alpha value is -1.59. The maximum Gasteiger partial charge on any atom is 0.309 e. The van der Waals surface area contributed by atoms with Crippen LogP contribution in [0, 0.1) is 10.8 Å². The molecule has 0 aromatic rings. The molecule has 3 N–H and O–H groups in total. The van der Waals surface area contributed by atoms with E-state index in [9.17, 15) is 14.4 Å². The number of amides is 2. The normalized spacial score (nSPS) is 11.8. The lowest BCUT2D eigenvalue weighted by Gasteiger charge is -2.24. The topological polar surface area (TPSA) is 95.5 Å². The number of carboxylic acid groups (broad SMARTS) is 1. The van der Waals surface area contributed by atoms with Crippen molar-refractivity contribution in [1.29, 1.82) is 0 Å². The molecular formula is C12H22N2O4. The monoisotopic (exact) mass is 258 g/mol. The van der Waals surface area contributed by atoms with Crippen LogP contribution in [0.15, 0.2) is 0 Å². The molecule has 0 rings (SSSR count). The number of aliphatic carboxylic acids is 1. The summed E-state index contributed by atoms with van der Waals surface area (Å²) in [5.74, 6) is -1.58. The second-order valence-electron chi connectivity index (χ2n) is 5.61. The summed E-state index contributed by atoms with van der Waals surface area (Å²) in [4.78, 5) is 34.0. The Balaban J connectivity index is 4.37. The summed E-state index contributed by atoms with van der Waals surface area (Å²) in [7, 11) is 1.53. The zero-order chi connectivity index (χ0) is 14.6. The molecule has 0 saturated heterocycles. The summed E-state index contributed by atoms with van der Waals surface area (Å²) in [6, 6.07) is 0. The molecule has 0 heterocycles. The average molecular weight is 258 g/mol. The number of hydrogen-bond donors (Lipinski definition) is 3. The second kappa shape index (κ2) is 5.84. The minimum atomic E-state index is -1.11. The van der Waals surface area contributed by atoms with Gasteiger partial charge in [0.25, 0.3) is 0 Å². The van der Waals surface area contributed by atoms with Gasteiger partial charge in [-0.2, -0.15) is 0 Å². The van der Waals surface area contributed by atoms with Gasteiger partial charge < -0.3 is 15.7 Å². The van der Waals surface area contributed by atoms with Crippen LogP contribution in [0.1, 0.15) is 34.1 Å². The smallest absolute Gasteiger partial charge is 0.309 e. The zero-order valence-electron chi connectivity index (χ0n) is 11.6. The quantitative estimate of drug-likeness (QED) is 0.641. The van der Waals surface area contributed by atoms with Crippen molar-refractivity contribution < 1.29 is 19.5 Å². The molecule has 6 nitrogen and oxygen atoms in total. The van der Waals surface area contributed by atoms with E-state index < -0.39 is 16.8 Å². The molecule has 0 aromatic carbocycles. The lowest BCUT2D eigenvalue weighted by molar-refractivity contribution is -0.149. The van der Waals surface area contributed by atoms with E-state index in [0.29, 0.717) is 0 Å². The first-order valence-electron chi connectivity index (χ1n) is 5.75. The largest absolute Gasteiger partial charge is 0.481 e. The number of carbonyl (C=O) groups is 3. The molecule has 2 amide bonds. The molecule has 0 fully saturated rings. The lowest BCUT2D eigenvalue weighted by atomic mass is 9.88. The van der Waals surface area contributed by atoms with Crippen LogP contribution >= 0.6 is 0 Å². The highest BCUT2D eigenvalue weighted by Gasteiger charge is 2.32. The van der Waals surface area contributed by atoms with Crippen LogP contribution in [-0.2, 0) is 14.4 Å². The highest BCUT2D eigenvalue weighted by Crippen LogP contribution is 2.20. The number of nitrogens with one attached hydrogen (secondary N) is 2. The third-order valence-electron chi connectivity index (χ3n) is 2.75. The van der Waals surface area contributed by atoms with Crippen LogP contribution in [0.3, 0.4) is 0 Å². The van der Waals surface area contributed by atoms with E-state index in [2.05, 4.69) is 10.6 Å². The molecule has 0 aliphatic rings. The van der Waals surface area contributed by atoms with E-state index in [1.165, 1.54) is 20.9 Å². The molecule has 0 radical (unpaired) electrons. The molecule has 104 valence electrons. The highest BCUT2D eigenvalue weighted by molar-refractivity contribution is 5.86. The van der Waals surface area contributed by atoms with Crippen LogP contribution in [-0.4, -0.2) is 36.5 Å². The third-order valence-corrected chi connectivity index (χ3v) is 2.75. The van der Waals surface area contributed by atoms with Crippen LogP contribution in [0.25, 0.3) is 0 Å². The summed E-state index contributed by atoms with van der Waals surface area (Å²) in [6.45, 7) is 6.54. The molecule has 0 spiro atoms. The van der Waals surface area contributed by atoms with Gasteiger partial charge in [-0.15, -0.1) is 0 Å². The second-order valence-corrected chi connectivity index (χ2v) is 5.61. The van der Waals surface area contributed by atoms with Crippen molar-refractivity contribution in [3.05, 3.63) is 0 Å². The lowest BCUT2D eigenvalue weighted by Crippen LogP contribution is -2.44. The number of carbonyl (C=O) groups excluding carboxylic acids is 2. The van der Waals surface area contributed by atoms with Gasteiger partial charge in [0.1, 0.15) is 0 Å². The van der Waals surface area contributed by atoms with Crippen molar-refractivity contribution in [1.82, 2.24) is 10.6 Å². The van der Waals surface area contributed by atoms with Gasteiger partial charge in [0.2, 0.25) is 11.8 Å². The summed E-state index contributed by atoms with van der Waals surface area (Å²) in [6.07, 6.45) is -0.119. The van der Waals surface area contributed by atoms with E-state index in [0.717, 1.165) is 0 Å². The maximum atomic E-state index is 11.6. The predicted octanol–water partition coefficient (Wildman–Crippen LogP) is 0.376. The SMILES string of the molecule is CNC(=O)C(C)(C)CNC(=O)CC(C)(C)C(=O)O. The minimum Gasteiger partial charge on any atom is -0.481 e. The Morgan fingerprint density at radius 3 is 1.94 bits per heavy atom. The van der Waals surface area contributed by atoms with E-state index in [1.54, 1.807) is 13.8 Å². The minimum absolute atomic E-state index is 0.119. The van der Waals surface area contributed by atoms with Gasteiger partial charge in [0, 0.05) is 20.0 Å². The number of hydrogen-bond acceptors (Lipinski definition) is 3. The van der Waals surface area contributed by atoms with Crippen molar-refractivity contribution in [2.75, 3.05) is 13.6 Å². The van der Waals surface area contributed by atoms with Crippen LogP contribution in [0.4, 0.5) is 0 Å². The maximum absolute atomic E-state index is 11.6. The molecule has 0 aromatic heterocycles. The molecule has 0 aliphatic heterocycles. The Kier molecular flexibility index (Phi) is 5.32. The van der Waals surface area contributed by atoms with Gasteiger partial charge in [-0.25, -0.2) is 0 Å². The van der Waals surface area contributed by atoms with Gasteiger partial charge in [-0.3, -0.25) is 14.4 Å². The Bertz CT molecular complexity index is 348. The molecule has 0 atom stereocenters. The van der Waals surface area contributed by atoms with Crippen LogP contribution < -0.4 is 10.6 Å². The van der Waals surface area contributed by atoms with Crippen molar-refractivity contribution >= 4 is 17.8 Å². The molecule has 0 bridgehead atoms. The Morgan fingerprint density at radius 1 is 1.06 bits per heavy atom. The van der Waals surface area contributed by atoms with E-state index in [4.69, 9.17) is 5.11 Å². The van der Waals surface area contributed by atoms with Crippen molar-refractivity contribution in [2.45, 2.75) is 34.1 Å². The molecule has 0 aliphatic carbocycles. The van der Waals surface area contributed by atoms with Crippen molar-refractivity contribution in [3.8, 4) is 0 Å². The average Bonchev–Trinajstić information content (AvgIpc) is 2.24. The first-order chi connectivity index (χ1) is 8.03. The predicted molar refractivity (Wildman–Crippen MR) is 66.9 cm³/mol. The highest BCUT2D eigenvalue weighted by atomic mass is 16.4. The fourth-order valence-electron chi connectivity index (χ4n) is 1.28. The number of rotatable bonds is 6. The number of carboxylic acids is 1. The summed E-state index contributed by atoms with van der Waals surface area (Å²) in [5, 5.41) is 14.0. The standard InChI is InChI=1S/C12H22N2O4/c1-11(2,10(17)18)6-8(15)14-7-12(3,4)9(16)13-5/h6-7H2,1-5H3,(H,13,16)(H,14,15)(H,17,18). The van der Waals surface area contributed by atoms with Crippen molar-refractivity contribution in [3.63, 3.8) is 0 Å².